The minimum atomic E-state index is -0.547. The maximum Gasteiger partial charge on any atom is 0.204 e. The molecule has 0 aliphatic carbocycles. The maximum atomic E-state index is 12.7. The second kappa shape index (κ2) is 4.44. The molecule has 1 aliphatic rings. The van der Waals surface area contributed by atoms with Crippen LogP contribution >= 0.6 is 0 Å². The fraction of sp³-hybridized carbons (Fsp3) is 0.167. The first-order valence-electron chi connectivity index (χ1n) is 7.33. The van der Waals surface area contributed by atoms with Crippen molar-refractivity contribution in [3.63, 3.8) is 0 Å². The topological polar surface area (TPSA) is 100 Å². The van der Waals surface area contributed by atoms with Gasteiger partial charge in [0.25, 0.3) is 0 Å². The lowest BCUT2D eigenvalue weighted by molar-refractivity contribution is 0.158. The van der Waals surface area contributed by atoms with E-state index >= 15 is 0 Å². The lowest BCUT2D eigenvalue weighted by Crippen LogP contribution is -2.27. The van der Waals surface area contributed by atoms with Crippen LogP contribution in [0.25, 0.3) is 28.0 Å². The predicted octanol–water partition coefficient (Wildman–Crippen LogP) is 3.25. The lowest BCUT2D eigenvalue weighted by Gasteiger charge is -2.28. The number of hydrogen-bond donors (Lipinski definition) is 3. The molecule has 0 saturated carbocycles. The van der Waals surface area contributed by atoms with Crippen molar-refractivity contribution >= 4 is 28.0 Å². The number of fused-ring (bicyclic) bond motifs is 3. The second-order valence-corrected chi connectivity index (χ2v) is 6.32. The third kappa shape index (κ3) is 1.93. The van der Waals surface area contributed by atoms with Crippen LogP contribution in [0.5, 0.6) is 23.0 Å². The molecule has 3 aromatic rings. The van der Waals surface area contributed by atoms with E-state index in [2.05, 4.69) is 0 Å². The highest BCUT2D eigenvalue weighted by molar-refractivity contribution is 5.97. The van der Waals surface area contributed by atoms with Gasteiger partial charge in [-0.05, 0) is 32.1 Å². The van der Waals surface area contributed by atoms with E-state index in [0.717, 1.165) is 12.1 Å². The molecule has 6 nitrogen and oxygen atoms in total. The van der Waals surface area contributed by atoms with Crippen molar-refractivity contribution in [2.24, 2.45) is 0 Å². The third-order valence-corrected chi connectivity index (χ3v) is 4.06. The van der Waals surface area contributed by atoms with E-state index in [-0.39, 0.29) is 27.7 Å². The number of phenols is 3. The van der Waals surface area contributed by atoms with Crippen LogP contribution < -0.4 is 10.2 Å². The third-order valence-electron chi connectivity index (χ3n) is 4.06. The van der Waals surface area contributed by atoms with Gasteiger partial charge >= 0.3 is 0 Å². The van der Waals surface area contributed by atoms with Crippen LogP contribution in [-0.4, -0.2) is 20.9 Å². The molecular formula is C18H14O6. The Bertz CT molecular complexity index is 1100. The molecule has 24 heavy (non-hydrogen) atoms. The van der Waals surface area contributed by atoms with Gasteiger partial charge in [-0.15, -0.1) is 0 Å². The van der Waals surface area contributed by atoms with Gasteiger partial charge in [-0.1, -0.05) is 0 Å². The van der Waals surface area contributed by atoms with Gasteiger partial charge in [-0.3, -0.25) is 4.79 Å². The number of hydrogen-bond acceptors (Lipinski definition) is 6. The second-order valence-electron chi connectivity index (χ2n) is 6.32. The number of phenolic OH excluding ortho intramolecular Hbond substituents is 3. The first-order valence-corrected chi connectivity index (χ1v) is 7.33. The molecule has 0 saturated heterocycles. The number of aromatic hydroxyl groups is 3. The summed E-state index contributed by atoms with van der Waals surface area (Å²) in [6, 6.07) is 3.82. The van der Waals surface area contributed by atoms with Gasteiger partial charge < -0.3 is 24.5 Å². The first kappa shape index (κ1) is 14.4. The standard InChI is InChI=1S/C18H14O6/c1-18(2)4-3-8-13(24-18)7-14-15(16(8)21)17(22)9-5-10(19)11(20)6-12(9)23-14/h3-7,19-21H,1-2H3. The van der Waals surface area contributed by atoms with Crippen LogP contribution in [0.3, 0.4) is 0 Å². The van der Waals surface area contributed by atoms with E-state index in [9.17, 15) is 20.1 Å². The van der Waals surface area contributed by atoms with Crippen LogP contribution in [0.2, 0.25) is 0 Å². The predicted molar refractivity (Wildman–Crippen MR) is 88.7 cm³/mol. The number of ether oxygens (including phenoxy) is 1. The minimum Gasteiger partial charge on any atom is -0.506 e. The van der Waals surface area contributed by atoms with E-state index < -0.39 is 22.5 Å². The molecule has 0 spiro atoms. The van der Waals surface area contributed by atoms with Crippen molar-refractivity contribution in [3.05, 3.63) is 40.1 Å². The summed E-state index contributed by atoms with van der Waals surface area (Å²) >= 11 is 0. The summed E-state index contributed by atoms with van der Waals surface area (Å²) in [5.74, 6) is -0.667. The molecular weight excluding hydrogens is 312 g/mol. The van der Waals surface area contributed by atoms with Crippen molar-refractivity contribution < 1.29 is 24.5 Å². The van der Waals surface area contributed by atoms with Gasteiger partial charge in [-0.2, -0.15) is 0 Å². The fourth-order valence-electron chi connectivity index (χ4n) is 2.86. The summed E-state index contributed by atoms with van der Waals surface area (Å²) in [7, 11) is 0. The van der Waals surface area contributed by atoms with E-state index in [0.29, 0.717) is 11.3 Å². The first-order chi connectivity index (χ1) is 11.3. The highest BCUT2D eigenvalue weighted by atomic mass is 16.5. The lowest BCUT2D eigenvalue weighted by atomic mass is 9.99. The molecule has 0 radical (unpaired) electrons. The van der Waals surface area contributed by atoms with E-state index in [1.54, 1.807) is 18.2 Å². The van der Waals surface area contributed by atoms with Gasteiger partial charge in [0.1, 0.15) is 33.7 Å². The molecule has 0 bridgehead atoms. The molecule has 122 valence electrons. The van der Waals surface area contributed by atoms with Crippen molar-refractivity contribution in [3.8, 4) is 23.0 Å². The molecule has 0 unspecified atom stereocenters. The van der Waals surface area contributed by atoms with Crippen LogP contribution in [0, 0.1) is 0 Å². The van der Waals surface area contributed by atoms with Crippen LogP contribution in [-0.2, 0) is 0 Å². The Morgan fingerprint density at radius 3 is 2.46 bits per heavy atom. The average molecular weight is 326 g/mol. The van der Waals surface area contributed by atoms with Crippen molar-refractivity contribution in [2.75, 3.05) is 0 Å². The highest BCUT2D eigenvalue weighted by Gasteiger charge is 2.26. The quantitative estimate of drug-likeness (QED) is 0.433. The van der Waals surface area contributed by atoms with Crippen LogP contribution in [0.15, 0.2) is 33.5 Å². The maximum absolute atomic E-state index is 12.7. The molecule has 0 atom stereocenters. The van der Waals surface area contributed by atoms with Crippen molar-refractivity contribution in [1.29, 1.82) is 0 Å². The van der Waals surface area contributed by atoms with E-state index in [1.807, 2.05) is 13.8 Å². The van der Waals surface area contributed by atoms with E-state index in [1.165, 1.54) is 0 Å². The molecule has 1 aliphatic heterocycles. The molecule has 6 heteroatoms. The van der Waals surface area contributed by atoms with Gasteiger partial charge in [0, 0.05) is 12.1 Å². The largest absolute Gasteiger partial charge is 0.506 e. The molecule has 0 fully saturated rings. The van der Waals surface area contributed by atoms with E-state index in [4.69, 9.17) is 9.15 Å². The zero-order valence-electron chi connectivity index (χ0n) is 13.0. The number of rotatable bonds is 0. The summed E-state index contributed by atoms with van der Waals surface area (Å²) < 4.78 is 11.4. The zero-order chi connectivity index (χ0) is 17.2. The summed E-state index contributed by atoms with van der Waals surface area (Å²) in [6.07, 6.45) is 3.49. The SMILES string of the molecule is CC1(C)C=Cc2c(cc3oc4cc(O)c(O)cc4c(=O)c3c2O)O1. The Balaban J connectivity index is 2.15. The molecule has 2 heterocycles. The van der Waals surface area contributed by atoms with Crippen LogP contribution in [0.4, 0.5) is 0 Å². The van der Waals surface area contributed by atoms with Crippen molar-refractivity contribution in [2.45, 2.75) is 19.4 Å². The Morgan fingerprint density at radius 1 is 1.00 bits per heavy atom. The minimum absolute atomic E-state index is 0.000652. The van der Waals surface area contributed by atoms with Gasteiger partial charge in [0.15, 0.2) is 11.5 Å². The number of benzene rings is 2. The summed E-state index contributed by atoms with van der Waals surface area (Å²) in [4.78, 5) is 12.7. The Hall–Kier alpha value is -3.15. The summed E-state index contributed by atoms with van der Waals surface area (Å²) in [5.41, 5.74) is -0.404. The van der Waals surface area contributed by atoms with Gasteiger partial charge in [0.05, 0.1) is 10.9 Å². The molecule has 1 aromatic heterocycles. The van der Waals surface area contributed by atoms with Gasteiger partial charge in [0.2, 0.25) is 5.43 Å². The normalized spacial score (nSPS) is 15.4. The van der Waals surface area contributed by atoms with Crippen LogP contribution in [0.1, 0.15) is 19.4 Å². The Morgan fingerprint density at radius 2 is 1.71 bits per heavy atom. The Kier molecular flexibility index (Phi) is 2.67. The fourth-order valence-corrected chi connectivity index (χ4v) is 2.86. The smallest absolute Gasteiger partial charge is 0.204 e. The summed E-state index contributed by atoms with van der Waals surface area (Å²) in [5, 5.41) is 29.8. The monoisotopic (exact) mass is 326 g/mol. The molecule has 4 rings (SSSR count). The summed E-state index contributed by atoms with van der Waals surface area (Å²) in [6.45, 7) is 3.73. The highest BCUT2D eigenvalue weighted by Crippen LogP contribution is 2.41. The van der Waals surface area contributed by atoms with Crippen molar-refractivity contribution in [1.82, 2.24) is 0 Å². The molecule has 0 amide bonds. The molecule has 3 N–H and O–H groups in total. The van der Waals surface area contributed by atoms with Gasteiger partial charge in [-0.25, -0.2) is 0 Å². The molecule has 2 aromatic carbocycles. The average Bonchev–Trinajstić information content (AvgIpc) is 2.48. The zero-order valence-corrected chi connectivity index (χ0v) is 13.0. The Labute approximate surface area is 135 Å².